The zero-order valence-electron chi connectivity index (χ0n) is 12.9. The fourth-order valence-corrected chi connectivity index (χ4v) is 2.24. The molecule has 0 aromatic heterocycles. The highest BCUT2D eigenvalue weighted by molar-refractivity contribution is 9.10. The van der Waals surface area contributed by atoms with Gasteiger partial charge in [0.2, 0.25) is 5.91 Å². The second kappa shape index (κ2) is 7.59. The molecule has 0 spiro atoms. The van der Waals surface area contributed by atoms with Crippen molar-refractivity contribution >= 4 is 27.8 Å². The van der Waals surface area contributed by atoms with Crippen molar-refractivity contribution < 1.29 is 14.3 Å². The molecule has 1 atom stereocenters. The van der Waals surface area contributed by atoms with Crippen LogP contribution in [0.25, 0.3) is 0 Å². The molecule has 0 bridgehead atoms. The first-order chi connectivity index (χ1) is 9.75. The third-order valence-electron chi connectivity index (χ3n) is 3.03. The molecular formula is C16H22BrNO3. The fraction of sp³-hybridized carbons (Fsp3) is 0.500. The molecule has 116 valence electrons. The lowest BCUT2D eigenvalue weighted by atomic mass is 9.80. The van der Waals surface area contributed by atoms with Gasteiger partial charge in [0.25, 0.3) is 0 Å². The predicted octanol–water partition coefficient (Wildman–Crippen LogP) is 3.29. The molecule has 0 radical (unpaired) electrons. The van der Waals surface area contributed by atoms with Crippen LogP contribution in [-0.2, 0) is 20.9 Å². The molecule has 1 unspecified atom stereocenters. The summed E-state index contributed by atoms with van der Waals surface area (Å²) in [6, 6.07) is 7.66. The quantitative estimate of drug-likeness (QED) is 0.651. The van der Waals surface area contributed by atoms with Crippen molar-refractivity contribution in [3.05, 3.63) is 34.3 Å². The van der Waals surface area contributed by atoms with Crippen molar-refractivity contribution in [1.82, 2.24) is 5.32 Å². The molecule has 21 heavy (non-hydrogen) atoms. The first-order valence-electron chi connectivity index (χ1n) is 6.94. The molecule has 4 nitrogen and oxygen atoms in total. The smallest absolute Gasteiger partial charge is 0.319 e. The van der Waals surface area contributed by atoms with Gasteiger partial charge in [0.15, 0.2) is 0 Å². The van der Waals surface area contributed by atoms with E-state index in [4.69, 9.17) is 4.74 Å². The minimum atomic E-state index is -0.812. The second-order valence-electron chi connectivity index (χ2n) is 5.90. The number of carbonyl (C=O) groups is 2. The van der Waals surface area contributed by atoms with E-state index >= 15 is 0 Å². The molecule has 1 aromatic rings. The summed E-state index contributed by atoms with van der Waals surface area (Å²) >= 11 is 3.36. The maximum absolute atomic E-state index is 12.3. The van der Waals surface area contributed by atoms with E-state index in [1.165, 1.54) is 0 Å². The monoisotopic (exact) mass is 355 g/mol. The summed E-state index contributed by atoms with van der Waals surface area (Å²) in [5, 5.41) is 2.81. The third kappa shape index (κ3) is 5.50. The summed E-state index contributed by atoms with van der Waals surface area (Å²) in [5.41, 5.74) is 0.485. The average Bonchev–Trinajstić information content (AvgIpc) is 2.37. The van der Waals surface area contributed by atoms with Crippen molar-refractivity contribution in [2.75, 3.05) is 6.61 Å². The lowest BCUT2D eigenvalue weighted by molar-refractivity contribution is -0.156. The third-order valence-corrected chi connectivity index (χ3v) is 3.56. The summed E-state index contributed by atoms with van der Waals surface area (Å²) in [7, 11) is 0. The van der Waals surface area contributed by atoms with Crippen molar-refractivity contribution in [2.45, 2.75) is 34.2 Å². The number of esters is 1. The van der Waals surface area contributed by atoms with E-state index in [9.17, 15) is 9.59 Å². The number of hydrogen-bond acceptors (Lipinski definition) is 3. The second-order valence-corrected chi connectivity index (χ2v) is 6.81. The Morgan fingerprint density at radius 1 is 1.24 bits per heavy atom. The Kier molecular flexibility index (Phi) is 6.40. The van der Waals surface area contributed by atoms with Gasteiger partial charge < -0.3 is 10.1 Å². The summed E-state index contributed by atoms with van der Waals surface area (Å²) < 4.78 is 6.00. The number of amides is 1. The van der Waals surface area contributed by atoms with Crippen LogP contribution in [0.15, 0.2) is 28.7 Å². The molecule has 1 amide bonds. The molecule has 1 aromatic carbocycles. The highest BCUT2D eigenvalue weighted by atomic mass is 79.9. The molecular weight excluding hydrogens is 334 g/mol. The topological polar surface area (TPSA) is 55.4 Å². The van der Waals surface area contributed by atoms with E-state index < -0.39 is 17.3 Å². The van der Waals surface area contributed by atoms with Crippen LogP contribution in [0, 0.1) is 11.3 Å². The van der Waals surface area contributed by atoms with Crippen molar-refractivity contribution in [3.8, 4) is 0 Å². The van der Waals surface area contributed by atoms with Gasteiger partial charge in [-0.3, -0.25) is 9.59 Å². The van der Waals surface area contributed by atoms with Gasteiger partial charge in [-0.25, -0.2) is 0 Å². The van der Waals surface area contributed by atoms with Crippen LogP contribution in [0.3, 0.4) is 0 Å². The SMILES string of the molecule is CCOC(=O)C(C(=O)NCc1ccc(Br)cc1)C(C)(C)C. The fourth-order valence-electron chi connectivity index (χ4n) is 1.97. The number of benzene rings is 1. The van der Waals surface area contributed by atoms with Crippen LogP contribution >= 0.6 is 15.9 Å². The number of ether oxygens (including phenoxy) is 1. The number of rotatable bonds is 5. The minimum absolute atomic E-state index is 0.269. The van der Waals surface area contributed by atoms with E-state index in [2.05, 4.69) is 21.2 Å². The molecule has 1 N–H and O–H groups in total. The van der Waals surface area contributed by atoms with Gasteiger partial charge in [0.1, 0.15) is 5.92 Å². The molecule has 0 aliphatic rings. The van der Waals surface area contributed by atoms with Crippen LogP contribution in [0.4, 0.5) is 0 Å². The Bertz CT molecular complexity index is 491. The predicted molar refractivity (Wildman–Crippen MR) is 85.6 cm³/mol. The number of carbonyl (C=O) groups excluding carboxylic acids is 2. The number of hydrogen-bond donors (Lipinski definition) is 1. The Balaban J connectivity index is 2.73. The van der Waals surface area contributed by atoms with Crippen LogP contribution in [-0.4, -0.2) is 18.5 Å². The molecule has 0 saturated heterocycles. The molecule has 0 fully saturated rings. The molecule has 0 saturated carbocycles. The highest BCUT2D eigenvalue weighted by Gasteiger charge is 2.38. The zero-order chi connectivity index (χ0) is 16.0. The summed E-state index contributed by atoms with van der Waals surface area (Å²) in [6.45, 7) is 7.95. The van der Waals surface area contributed by atoms with Crippen LogP contribution in [0.5, 0.6) is 0 Å². The zero-order valence-corrected chi connectivity index (χ0v) is 14.5. The summed E-state index contributed by atoms with van der Waals surface area (Å²) in [4.78, 5) is 24.3. The van der Waals surface area contributed by atoms with E-state index in [0.29, 0.717) is 6.54 Å². The Morgan fingerprint density at radius 3 is 2.29 bits per heavy atom. The lowest BCUT2D eigenvalue weighted by Crippen LogP contribution is -2.43. The summed E-state index contributed by atoms with van der Waals surface area (Å²) in [6.07, 6.45) is 0. The number of halogens is 1. The number of nitrogens with one attached hydrogen (secondary N) is 1. The van der Waals surface area contributed by atoms with Crippen molar-refractivity contribution in [3.63, 3.8) is 0 Å². The molecule has 0 heterocycles. The lowest BCUT2D eigenvalue weighted by Gasteiger charge is -2.27. The normalized spacial score (nSPS) is 12.6. The van der Waals surface area contributed by atoms with Crippen molar-refractivity contribution in [2.24, 2.45) is 11.3 Å². The Hall–Kier alpha value is -1.36. The van der Waals surface area contributed by atoms with Crippen LogP contribution in [0.2, 0.25) is 0 Å². The molecule has 1 rings (SSSR count). The van der Waals surface area contributed by atoms with E-state index in [1.54, 1.807) is 6.92 Å². The van der Waals surface area contributed by atoms with E-state index in [-0.39, 0.29) is 12.5 Å². The van der Waals surface area contributed by atoms with Crippen LogP contribution < -0.4 is 5.32 Å². The van der Waals surface area contributed by atoms with Gasteiger partial charge in [-0.15, -0.1) is 0 Å². The Labute approximate surface area is 134 Å². The van der Waals surface area contributed by atoms with Crippen molar-refractivity contribution in [1.29, 1.82) is 0 Å². The van der Waals surface area contributed by atoms with Crippen LogP contribution in [0.1, 0.15) is 33.3 Å². The largest absolute Gasteiger partial charge is 0.465 e. The van der Waals surface area contributed by atoms with Gasteiger partial charge in [-0.1, -0.05) is 48.8 Å². The van der Waals surface area contributed by atoms with Gasteiger partial charge in [-0.2, -0.15) is 0 Å². The first-order valence-corrected chi connectivity index (χ1v) is 7.73. The van der Waals surface area contributed by atoms with Gasteiger partial charge >= 0.3 is 5.97 Å². The maximum Gasteiger partial charge on any atom is 0.319 e. The average molecular weight is 356 g/mol. The molecule has 5 heteroatoms. The van der Waals surface area contributed by atoms with E-state index in [0.717, 1.165) is 10.0 Å². The van der Waals surface area contributed by atoms with Gasteiger partial charge in [-0.05, 0) is 30.0 Å². The minimum Gasteiger partial charge on any atom is -0.465 e. The summed E-state index contributed by atoms with van der Waals surface area (Å²) in [5.74, 6) is -1.59. The van der Waals surface area contributed by atoms with E-state index in [1.807, 2.05) is 45.0 Å². The van der Waals surface area contributed by atoms with Gasteiger partial charge in [0.05, 0.1) is 6.61 Å². The molecule has 0 aliphatic carbocycles. The highest BCUT2D eigenvalue weighted by Crippen LogP contribution is 2.27. The van der Waals surface area contributed by atoms with Gasteiger partial charge in [0, 0.05) is 11.0 Å². The standard InChI is InChI=1S/C16H22BrNO3/c1-5-21-15(20)13(16(2,3)4)14(19)18-10-11-6-8-12(17)9-7-11/h6-9,13H,5,10H2,1-4H3,(H,18,19). The molecule has 0 aliphatic heterocycles. The Morgan fingerprint density at radius 2 is 1.81 bits per heavy atom. The first kappa shape index (κ1) is 17.7. The maximum atomic E-state index is 12.3.